The van der Waals surface area contributed by atoms with Gasteiger partial charge in [-0.05, 0) is 23.8 Å². The molecule has 0 spiro atoms. The first-order valence-corrected chi connectivity index (χ1v) is 10.5. The second-order valence-corrected chi connectivity index (χ2v) is 8.65. The van der Waals surface area contributed by atoms with Crippen LogP contribution in [-0.2, 0) is 28.9 Å². The van der Waals surface area contributed by atoms with Crippen molar-refractivity contribution < 1.29 is 13.2 Å². The number of hydrogen-bond donors (Lipinski definition) is 2. The summed E-state index contributed by atoms with van der Waals surface area (Å²) in [6, 6.07) is 17.3. The molecular formula is C20H17N5O3S. The van der Waals surface area contributed by atoms with E-state index in [-0.39, 0.29) is 18.8 Å². The monoisotopic (exact) mass is 407 g/mol. The van der Waals surface area contributed by atoms with Crippen molar-refractivity contribution in [1.29, 1.82) is 5.26 Å². The average Bonchev–Trinajstić information content (AvgIpc) is 3.31. The molecule has 2 aromatic carbocycles. The topological polar surface area (TPSA) is 119 Å². The van der Waals surface area contributed by atoms with Crippen LogP contribution in [0.5, 0.6) is 0 Å². The van der Waals surface area contributed by atoms with Crippen LogP contribution in [0.3, 0.4) is 0 Å². The number of anilines is 1. The molecule has 1 aliphatic rings. The Labute approximate surface area is 167 Å². The van der Waals surface area contributed by atoms with Crippen molar-refractivity contribution in [3.8, 4) is 6.07 Å². The van der Waals surface area contributed by atoms with Gasteiger partial charge in [-0.25, -0.2) is 8.42 Å². The lowest BCUT2D eigenvalue weighted by molar-refractivity contribution is 0.102. The number of hydrogen-bond acceptors (Lipinski definition) is 5. The van der Waals surface area contributed by atoms with E-state index in [1.165, 1.54) is 10.4 Å². The zero-order chi connectivity index (χ0) is 20.4. The van der Waals surface area contributed by atoms with Crippen LogP contribution < -0.4 is 5.32 Å². The number of carbonyl (C=O) groups is 1. The molecule has 29 heavy (non-hydrogen) atoms. The van der Waals surface area contributed by atoms with Gasteiger partial charge < -0.3 is 5.32 Å². The zero-order valence-electron chi connectivity index (χ0n) is 15.3. The van der Waals surface area contributed by atoms with Crippen molar-refractivity contribution in [1.82, 2.24) is 14.5 Å². The third-order valence-corrected chi connectivity index (χ3v) is 6.43. The van der Waals surface area contributed by atoms with Gasteiger partial charge in [-0.1, -0.05) is 36.4 Å². The molecule has 0 saturated carbocycles. The van der Waals surface area contributed by atoms with Crippen molar-refractivity contribution in [2.75, 3.05) is 5.32 Å². The quantitative estimate of drug-likeness (QED) is 0.673. The molecule has 0 saturated heterocycles. The summed E-state index contributed by atoms with van der Waals surface area (Å²) in [5.74, 6) is -0.131. The first-order chi connectivity index (χ1) is 14.0. The van der Waals surface area contributed by atoms with Crippen molar-refractivity contribution in [2.24, 2.45) is 0 Å². The fraction of sp³-hybridized carbons (Fsp3) is 0.150. The number of sulfonamides is 1. The molecule has 0 radical (unpaired) electrons. The normalized spacial score (nSPS) is 13.6. The molecular weight excluding hydrogens is 390 g/mol. The highest BCUT2D eigenvalue weighted by molar-refractivity contribution is 7.88. The maximum Gasteiger partial charge on any atom is 0.256 e. The predicted octanol–water partition coefficient (Wildman–Crippen LogP) is 2.38. The number of fused-ring (bicyclic) bond motifs is 1. The summed E-state index contributed by atoms with van der Waals surface area (Å²) in [5.41, 5.74) is 2.66. The molecule has 2 heterocycles. The van der Waals surface area contributed by atoms with Gasteiger partial charge in [0.05, 0.1) is 29.6 Å². The van der Waals surface area contributed by atoms with E-state index < -0.39 is 15.9 Å². The number of aromatic amines is 1. The van der Waals surface area contributed by atoms with E-state index in [1.807, 2.05) is 12.1 Å². The Bertz CT molecular complexity index is 1210. The van der Waals surface area contributed by atoms with E-state index in [1.54, 1.807) is 42.5 Å². The van der Waals surface area contributed by atoms with Crippen molar-refractivity contribution in [2.45, 2.75) is 18.8 Å². The minimum absolute atomic E-state index is 0.0928. The minimum Gasteiger partial charge on any atom is -0.307 e. The highest BCUT2D eigenvalue weighted by Crippen LogP contribution is 2.30. The van der Waals surface area contributed by atoms with E-state index in [0.717, 1.165) is 0 Å². The van der Waals surface area contributed by atoms with Gasteiger partial charge in [-0.15, -0.1) is 0 Å². The molecule has 0 atom stereocenters. The van der Waals surface area contributed by atoms with Crippen molar-refractivity contribution in [3.63, 3.8) is 0 Å². The fourth-order valence-electron chi connectivity index (χ4n) is 3.19. The van der Waals surface area contributed by atoms with Crippen LogP contribution in [0.15, 0.2) is 54.6 Å². The van der Waals surface area contributed by atoms with Crippen LogP contribution in [0.25, 0.3) is 0 Å². The fourth-order valence-corrected chi connectivity index (χ4v) is 4.64. The van der Waals surface area contributed by atoms with Crippen LogP contribution in [-0.4, -0.2) is 28.8 Å². The molecule has 4 rings (SSSR count). The van der Waals surface area contributed by atoms with Gasteiger partial charge in [0.1, 0.15) is 5.82 Å². The summed E-state index contributed by atoms with van der Waals surface area (Å²) in [6.45, 7) is 0.287. The van der Waals surface area contributed by atoms with Crippen LogP contribution in [0.2, 0.25) is 0 Å². The lowest BCUT2D eigenvalue weighted by Crippen LogP contribution is -2.27. The minimum atomic E-state index is -3.53. The van der Waals surface area contributed by atoms with E-state index >= 15 is 0 Å². The second-order valence-electron chi connectivity index (χ2n) is 6.68. The van der Waals surface area contributed by atoms with Crippen molar-refractivity contribution in [3.05, 3.63) is 82.5 Å². The number of nitriles is 1. The zero-order valence-corrected chi connectivity index (χ0v) is 16.1. The number of carbonyl (C=O) groups excluding carboxylic acids is 1. The lowest BCUT2D eigenvalue weighted by atomic mass is 10.1. The van der Waals surface area contributed by atoms with Gasteiger partial charge in [0.25, 0.3) is 5.91 Å². The molecule has 1 amide bonds. The number of benzene rings is 2. The number of nitrogens with one attached hydrogen (secondary N) is 2. The maximum atomic E-state index is 12.8. The summed E-state index contributed by atoms with van der Waals surface area (Å²) >= 11 is 0. The summed E-state index contributed by atoms with van der Waals surface area (Å²) in [7, 11) is -3.53. The summed E-state index contributed by atoms with van der Waals surface area (Å²) in [4.78, 5) is 12.5. The number of aromatic nitrogens is 2. The smallest absolute Gasteiger partial charge is 0.256 e. The van der Waals surface area contributed by atoms with Crippen molar-refractivity contribution >= 4 is 21.7 Å². The molecule has 0 bridgehead atoms. The van der Waals surface area contributed by atoms with Gasteiger partial charge in [-0.2, -0.15) is 14.7 Å². The molecule has 0 aliphatic carbocycles. The van der Waals surface area contributed by atoms with E-state index in [9.17, 15) is 13.2 Å². The highest BCUT2D eigenvalue weighted by atomic mass is 32.2. The second kappa shape index (κ2) is 7.50. The van der Waals surface area contributed by atoms with Crippen LogP contribution in [0, 0.1) is 11.3 Å². The van der Waals surface area contributed by atoms with Crippen LogP contribution >= 0.6 is 0 Å². The predicted molar refractivity (Wildman–Crippen MR) is 106 cm³/mol. The molecule has 8 nitrogen and oxygen atoms in total. The third-order valence-electron chi connectivity index (χ3n) is 4.69. The van der Waals surface area contributed by atoms with Gasteiger partial charge in [0.2, 0.25) is 10.0 Å². The first-order valence-electron chi connectivity index (χ1n) is 8.85. The molecule has 1 aromatic heterocycles. The third kappa shape index (κ3) is 3.89. The Balaban J connectivity index is 1.49. The molecule has 3 aromatic rings. The largest absolute Gasteiger partial charge is 0.307 e. The van der Waals surface area contributed by atoms with E-state index in [2.05, 4.69) is 15.5 Å². The Kier molecular flexibility index (Phi) is 4.88. The number of nitrogens with zero attached hydrogens (tertiary/aromatic N) is 3. The first kappa shape index (κ1) is 18.9. The number of H-pyrrole nitrogens is 1. The van der Waals surface area contributed by atoms with E-state index in [0.29, 0.717) is 33.8 Å². The number of amides is 1. The molecule has 2 N–H and O–H groups in total. The Morgan fingerprint density at radius 1 is 1.17 bits per heavy atom. The van der Waals surface area contributed by atoms with Gasteiger partial charge >= 0.3 is 0 Å². The SMILES string of the molecule is N#Cc1cccc(C(=O)Nc2[nH]nc3c2CN(S(=O)(=O)Cc2ccccc2)C3)c1. The average molecular weight is 407 g/mol. The summed E-state index contributed by atoms with van der Waals surface area (Å²) in [6.07, 6.45) is 0. The molecule has 0 fully saturated rings. The maximum absolute atomic E-state index is 12.8. The Hall–Kier alpha value is -3.48. The Morgan fingerprint density at radius 3 is 2.72 bits per heavy atom. The van der Waals surface area contributed by atoms with Crippen LogP contribution in [0.1, 0.15) is 32.7 Å². The molecule has 146 valence electrons. The number of rotatable bonds is 5. The highest BCUT2D eigenvalue weighted by Gasteiger charge is 2.33. The standard InChI is InChI=1S/C20H17N5O3S/c21-10-15-7-4-8-16(9-15)20(26)22-19-17-11-25(12-18(17)23-24-19)29(27,28)13-14-5-2-1-3-6-14/h1-9H,11-13H2,(H2,22,23,24,26). The summed E-state index contributed by atoms with van der Waals surface area (Å²) in [5, 5.41) is 18.6. The van der Waals surface area contributed by atoms with Crippen LogP contribution in [0.4, 0.5) is 5.82 Å². The molecule has 1 aliphatic heterocycles. The van der Waals surface area contributed by atoms with E-state index in [4.69, 9.17) is 5.26 Å². The lowest BCUT2D eigenvalue weighted by Gasteiger charge is -2.16. The van der Waals surface area contributed by atoms with Gasteiger partial charge in [-0.3, -0.25) is 9.89 Å². The summed E-state index contributed by atoms with van der Waals surface area (Å²) < 4.78 is 26.9. The molecule has 9 heteroatoms. The molecule has 0 unspecified atom stereocenters. The Morgan fingerprint density at radius 2 is 1.97 bits per heavy atom. The van der Waals surface area contributed by atoms with Gasteiger partial charge in [0, 0.05) is 17.7 Å². The van der Waals surface area contributed by atoms with Gasteiger partial charge in [0.15, 0.2) is 0 Å².